The van der Waals surface area contributed by atoms with Crippen molar-refractivity contribution in [3.8, 4) is 17.0 Å². The minimum absolute atomic E-state index is 0.0543. The van der Waals surface area contributed by atoms with E-state index in [1.54, 1.807) is 12.1 Å². The lowest BCUT2D eigenvalue weighted by molar-refractivity contribution is -0.125. The lowest BCUT2D eigenvalue weighted by Crippen LogP contribution is -2.52. The quantitative estimate of drug-likeness (QED) is 0.255. The summed E-state index contributed by atoms with van der Waals surface area (Å²) in [6.07, 6.45) is 1.43. The number of furan rings is 1. The first-order valence-electron chi connectivity index (χ1n) is 10.7. The molecule has 36 heavy (non-hydrogen) atoms. The number of nitrogens with one attached hydrogen (secondary N) is 3. The number of fused-ring (bicyclic) bond motifs is 2. The number of pyridine rings is 1. The summed E-state index contributed by atoms with van der Waals surface area (Å²) < 4.78 is 5.88. The number of anilines is 1. The zero-order chi connectivity index (χ0) is 25.2. The van der Waals surface area contributed by atoms with Crippen LogP contribution in [0.1, 0.15) is 21.7 Å². The lowest BCUT2D eigenvalue weighted by Gasteiger charge is -2.28. The number of phenolic OH excluding ortho intramolecular Hbond substituents is 1. The monoisotopic (exact) mass is 487 g/mol. The molecule has 13 nitrogen and oxygen atoms in total. The average molecular weight is 487 g/mol. The van der Waals surface area contributed by atoms with Crippen LogP contribution < -0.4 is 21.9 Å². The van der Waals surface area contributed by atoms with Crippen molar-refractivity contribution in [3.63, 3.8) is 0 Å². The molecule has 0 saturated carbocycles. The summed E-state index contributed by atoms with van der Waals surface area (Å²) in [5.74, 6) is -1.14. The summed E-state index contributed by atoms with van der Waals surface area (Å²) in [4.78, 5) is 62.2. The fourth-order valence-electron chi connectivity index (χ4n) is 4.53. The number of nitrogen functional groups attached to an aromatic ring is 1. The van der Waals surface area contributed by atoms with E-state index in [-0.39, 0.29) is 36.3 Å². The second-order valence-corrected chi connectivity index (χ2v) is 8.56. The molecule has 13 heteroatoms. The molecule has 4 amide bonds. The Balaban J connectivity index is 1.40. The van der Waals surface area contributed by atoms with Crippen LogP contribution in [0.4, 0.5) is 10.7 Å². The summed E-state index contributed by atoms with van der Waals surface area (Å²) in [5.41, 5.74) is 5.42. The van der Waals surface area contributed by atoms with Crippen molar-refractivity contribution >= 4 is 34.9 Å². The Bertz CT molecular complexity index is 1680. The van der Waals surface area contributed by atoms with Crippen molar-refractivity contribution in [2.45, 2.75) is 12.1 Å². The molecule has 0 aliphatic carbocycles. The maximum Gasteiger partial charge on any atom is 0.322 e. The Morgan fingerprint density at radius 1 is 1.14 bits per heavy atom. The van der Waals surface area contributed by atoms with Gasteiger partial charge < -0.3 is 25.5 Å². The van der Waals surface area contributed by atoms with Gasteiger partial charge in [-0.2, -0.15) is 0 Å². The minimum atomic E-state index is -1.72. The second kappa shape index (κ2) is 7.40. The lowest BCUT2D eigenvalue weighted by atomic mass is 9.95. The number of aromatic amines is 1. The molecule has 6 rings (SSSR count). The molecule has 0 bridgehead atoms. The molecule has 4 aromatic rings. The van der Waals surface area contributed by atoms with Gasteiger partial charge in [0.2, 0.25) is 11.7 Å². The van der Waals surface area contributed by atoms with Crippen LogP contribution in [0, 0.1) is 0 Å². The number of aromatic hydroxyl groups is 1. The van der Waals surface area contributed by atoms with Crippen LogP contribution in [-0.4, -0.2) is 49.3 Å². The fraction of sp³-hybridized carbons (Fsp3) is 0.130. The number of amides is 4. The van der Waals surface area contributed by atoms with Crippen molar-refractivity contribution < 1.29 is 23.9 Å². The summed E-state index contributed by atoms with van der Waals surface area (Å²) >= 11 is 0. The van der Waals surface area contributed by atoms with Crippen LogP contribution in [0.25, 0.3) is 22.4 Å². The number of carbonyl (C=O) groups is 3. The Labute approximate surface area is 200 Å². The van der Waals surface area contributed by atoms with E-state index in [4.69, 9.17) is 10.2 Å². The number of nitrogens with zero attached hydrogens (tertiary/aromatic N) is 3. The molecule has 3 aromatic heterocycles. The van der Waals surface area contributed by atoms with E-state index in [0.29, 0.717) is 27.8 Å². The number of imide groups is 1. The number of hydrogen-bond acceptors (Lipinski definition) is 9. The number of urea groups is 1. The summed E-state index contributed by atoms with van der Waals surface area (Å²) in [6.45, 7) is -0.0463. The van der Waals surface area contributed by atoms with Gasteiger partial charge in [0.25, 0.3) is 17.4 Å². The van der Waals surface area contributed by atoms with Gasteiger partial charge >= 0.3 is 6.03 Å². The molecule has 1 aromatic carbocycles. The van der Waals surface area contributed by atoms with Crippen molar-refractivity contribution in [3.05, 3.63) is 69.8 Å². The number of nitrogens with two attached hydrogens (primary N) is 1. The van der Waals surface area contributed by atoms with Crippen LogP contribution in [0.5, 0.6) is 5.75 Å². The Kier molecular flexibility index (Phi) is 4.39. The first kappa shape index (κ1) is 21.3. The molecule has 1 atom stereocenters. The summed E-state index contributed by atoms with van der Waals surface area (Å²) in [6, 6.07) is 8.18. The van der Waals surface area contributed by atoms with E-state index in [0.717, 1.165) is 0 Å². The third-order valence-corrected chi connectivity index (χ3v) is 6.19. The highest BCUT2D eigenvalue weighted by molar-refractivity contribution is 6.08. The van der Waals surface area contributed by atoms with E-state index in [1.807, 2.05) is 0 Å². The van der Waals surface area contributed by atoms with Crippen LogP contribution in [0.2, 0.25) is 0 Å². The summed E-state index contributed by atoms with van der Waals surface area (Å²) in [7, 11) is 0. The Morgan fingerprint density at radius 3 is 2.72 bits per heavy atom. The van der Waals surface area contributed by atoms with Crippen molar-refractivity contribution in [1.29, 1.82) is 0 Å². The van der Waals surface area contributed by atoms with Crippen LogP contribution in [-0.2, 0) is 16.9 Å². The van der Waals surface area contributed by atoms with Gasteiger partial charge in [-0.3, -0.25) is 24.7 Å². The van der Waals surface area contributed by atoms with Gasteiger partial charge in [0.15, 0.2) is 5.54 Å². The van der Waals surface area contributed by atoms with Gasteiger partial charge in [-0.15, -0.1) is 0 Å². The number of rotatable bonds is 4. The van der Waals surface area contributed by atoms with Crippen LogP contribution in [0.3, 0.4) is 0 Å². The van der Waals surface area contributed by atoms with Crippen molar-refractivity contribution in [2.75, 3.05) is 12.3 Å². The molecular weight excluding hydrogens is 470 g/mol. The average Bonchev–Trinajstić information content (AvgIpc) is 3.47. The maximum absolute atomic E-state index is 13.1. The first-order chi connectivity index (χ1) is 17.2. The highest BCUT2D eigenvalue weighted by Crippen LogP contribution is 2.35. The second-order valence-electron chi connectivity index (χ2n) is 8.56. The third-order valence-electron chi connectivity index (χ3n) is 6.19. The molecule has 5 heterocycles. The third kappa shape index (κ3) is 3.25. The van der Waals surface area contributed by atoms with E-state index in [9.17, 15) is 24.3 Å². The minimum Gasteiger partial charge on any atom is -0.508 e. The number of H-pyrrole nitrogens is 1. The molecule has 1 fully saturated rings. The zero-order valence-electron chi connectivity index (χ0n) is 18.4. The molecule has 0 spiro atoms. The first-order valence-corrected chi connectivity index (χ1v) is 10.7. The SMILES string of the molecule is Nc1nc(-c2cnc3oc([C@]4(CN5Cc6ccc(O)cc6C5=O)NC(=O)NC4=O)cc3c2)cc(=O)[nH]1. The Hall–Kier alpha value is -5.20. The van der Waals surface area contributed by atoms with Gasteiger partial charge in [-0.25, -0.2) is 14.8 Å². The number of hydrogen-bond donors (Lipinski definition) is 5. The van der Waals surface area contributed by atoms with E-state index >= 15 is 0 Å². The molecule has 0 radical (unpaired) electrons. The van der Waals surface area contributed by atoms with Crippen LogP contribution in [0.15, 0.2) is 51.8 Å². The van der Waals surface area contributed by atoms with Gasteiger partial charge in [0, 0.05) is 35.3 Å². The number of phenols is 1. The highest BCUT2D eigenvalue weighted by Gasteiger charge is 2.53. The normalized spacial score (nSPS) is 19.0. The fourth-order valence-corrected chi connectivity index (χ4v) is 4.53. The molecule has 0 unspecified atom stereocenters. The topological polar surface area (TPSA) is 197 Å². The van der Waals surface area contributed by atoms with Crippen LogP contribution >= 0.6 is 0 Å². The van der Waals surface area contributed by atoms with Crippen molar-refractivity contribution in [1.82, 2.24) is 30.5 Å². The van der Waals surface area contributed by atoms with Crippen molar-refractivity contribution in [2.24, 2.45) is 0 Å². The molecule has 1 saturated heterocycles. The number of benzene rings is 1. The number of carbonyl (C=O) groups excluding carboxylic acids is 3. The highest BCUT2D eigenvalue weighted by atomic mass is 16.3. The zero-order valence-corrected chi connectivity index (χ0v) is 18.4. The standard InChI is InChI=1S/C23H17N7O6/c24-21-26-15(6-17(32)27-21)12-3-11-4-16(36-18(11)25-7-12)23(20(34)28-22(35)29-23)9-30-8-10-1-2-13(31)5-14(10)19(30)33/h1-7,31H,8-9H2,(H3,24,26,27,32)(H2,28,29,34,35)/t23-/m0/s1. The van der Waals surface area contributed by atoms with Gasteiger partial charge in [-0.05, 0) is 29.8 Å². The molecule has 2 aliphatic rings. The van der Waals surface area contributed by atoms with E-state index in [2.05, 4.69) is 25.6 Å². The maximum atomic E-state index is 13.1. The number of aromatic nitrogens is 3. The van der Waals surface area contributed by atoms with E-state index < -0.39 is 28.9 Å². The summed E-state index contributed by atoms with van der Waals surface area (Å²) in [5, 5.41) is 15.0. The molecular formula is C23H17N7O6. The predicted molar refractivity (Wildman–Crippen MR) is 123 cm³/mol. The Morgan fingerprint density at radius 2 is 1.97 bits per heavy atom. The van der Waals surface area contributed by atoms with Gasteiger partial charge in [-0.1, -0.05) is 6.07 Å². The molecule has 6 N–H and O–H groups in total. The smallest absolute Gasteiger partial charge is 0.322 e. The largest absolute Gasteiger partial charge is 0.508 e. The molecule has 180 valence electrons. The van der Waals surface area contributed by atoms with Gasteiger partial charge in [0.05, 0.1) is 12.2 Å². The van der Waals surface area contributed by atoms with Gasteiger partial charge in [0.1, 0.15) is 11.5 Å². The predicted octanol–water partition coefficient (Wildman–Crippen LogP) is 0.557. The molecule has 2 aliphatic heterocycles. The van der Waals surface area contributed by atoms with E-state index in [1.165, 1.54) is 35.4 Å².